The van der Waals surface area contributed by atoms with Gasteiger partial charge in [-0.2, -0.15) is 4.31 Å². The topological polar surface area (TPSA) is 84.9 Å². The summed E-state index contributed by atoms with van der Waals surface area (Å²) in [6, 6.07) is 13.6. The predicted molar refractivity (Wildman–Crippen MR) is 103 cm³/mol. The highest BCUT2D eigenvalue weighted by Gasteiger charge is 2.27. The van der Waals surface area contributed by atoms with Crippen LogP contribution in [0.4, 0.5) is 0 Å². The zero-order valence-electron chi connectivity index (χ0n) is 15.3. The molecule has 0 radical (unpaired) electrons. The van der Waals surface area contributed by atoms with Crippen molar-refractivity contribution in [2.45, 2.75) is 17.4 Å². The van der Waals surface area contributed by atoms with Gasteiger partial charge < -0.3 is 14.8 Å². The van der Waals surface area contributed by atoms with E-state index in [1.165, 1.54) is 16.4 Å². The number of carbonyl (C=O) groups excluding carboxylic acids is 1. The summed E-state index contributed by atoms with van der Waals surface area (Å²) in [7, 11) is -3.57. The van der Waals surface area contributed by atoms with E-state index >= 15 is 0 Å². The predicted octanol–water partition coefficient (Wildman–Crippen LogP) is 1.96. The molecule has 7 nitrogen and oxygen atoms in total. The summed E-state index contributed by atoms with van der Waals surface area (Å²) < 4.78 is 37.6. The summed E-state index contributed by atoms with van der Waals surface area (Å²) in [5.74, 6) is 0.544. The number of para-hydroxylation sites is 1. The molecule has 1 fully saturated rings. The summed E-state index contributed by atoms with van der Waals surface area (Å²) in [5.41, 5.74) is 1.37. The molecule has 0 spiro atoms. The molecule has 4 rings (SSSR count). The van der Waals surface area contributed by atoms with E-state index in [1.54, 1.807) is 12.1 Å². The van der Waals surface area contributed by atoms with Gasteiger partial charge in [0, 0.05) is 30.6 Å². The Morgan fingerprint density at radius 2 is 1.71 bits per heavy atom. The summed E-state index contributed by atoms with van der Waals surface area (Å²) in [5, 5.41) is 3.02. The molecule has 8 heteroatoms. The Morgan fingerprint density at radius 1 is 1.00 bits per heavy atom. The normalized spacial score (nSPS) is 20.1. The summed E-state index contributed by atoms with van der Waals surface area (Å²) in [4.78, 5) is 12.8. The average Bonchev–Trinajstić information content (AvgIpc) is 2.75. The first-order valence-corrected chi connectivity index (χ1v) is 10.7. The molecule has 1 atom stereocenters. The van der Waals surface area contributed by atoms with Crippen molar-refractivity contribution >= 4 is 15.9 Å². The monoisotopic (exact) mass is 402 g/mol. The third-order valence-corrected chi connectivity index (χ3v) is 6.90. The smallest absolute Gasteiger partial charge is 0.251 e. The van der Waals surface area contributed by atoms with E-state index in [1.807, 2.05) is 24.3 Å². The van der Waals surface area contributed by atoms with Crippen LogP contribution in [-0.2, 0) is 14.8 Å². The number of carbonyl (C=O) groups is 1. The third-order valence-electron chi connectivity index (χ3n) is 4.99. The van der Waals surface area contributed by atoms with Gasteiger partial charge in [-0.25, -0.2) is 8.42 Å². The third kappa shape index (κ3) is 3.76. The van der Waals surface area contributed by atoms with Gasteiger partial charge in [-0.05, 0) is 30.3 Å². The Kier molecular flexibility index (Phi) is 5.34. The second-order valence-electron chi connectivity index (χ2n) is 6.74. The number of rotatable bonds is 4. The number of hydrogen-bond donors (Lipinski definition) is 1. The first-order chi connectivity index (χ1) is 13.6. The number of sulfonamides is 1. The minimum Gasteiger partial charge on any atom is -0.493 e. The second-order valence-corrected chi connectivity index (χ2v) is 8.68. The van der Waals surface area contributed by atoms with Crippen molar-refractivity contribution in [3.05, 3.63) is 59.7 Å². The van der Waals surface area contributed by atoms with Gasteiger partial charge >= 0.3 is 0 Å². The molecule has 28 heavy (non-hydrogen) atoms. The molecule has 2 aromatic carbocycles. The lowest BCUT2D eigenvalue weighted by Crippen LogP contribution is -2.40. The van der Waals surface area contributed by atoms with E-state index in [-0.39, 0.29) is 16.8 Å². The molecule has 1 amide bonds. The number of fused-ring (bicyclic) bond motifs is 1. The van der Waals surface area contributed by atoms with Crippen molar-refractivity contribution in [3.8, 4) is 5.75 Å². The van der Waals surface area contributed by atoms with Crippen molar-refractivity contribution in [2.24, 2.45) is 0 Å². The second kappa shape index (κ2) is 7.90. The summed E-state index contributed by atoms with van der Waals surface area (Å²) in [6.07, 6.45) is 0.687. The summed E-state index contributed by atoms with van der Waals surface area (Å²) in [6.45, 7) is 2.01. The van der Waals surface area contributed by atoms with Crippen LogP contribution in [0.5, 0.6) is 5.75 Å². The lowest BCUT2D eigenvalue weighted by molar-refractivity contribution is 0.0730. The van der Waals surface area contributed by atoms with Crippen LogP contribution in [0.15, 0.2) is 53.4 Å². The Balaban J connectivity index is 1.48. The molecule has 2 aliphatic heterocycles. The van der Waals surface area contributed by atoms with Gasteiger partial charge in [0.2, 0.25) is 10.0 Å². The van der Waals surface area contributed by atoms with Crippen LogP contribution < -0.4 is 10.1 Å². The SMILES string of the molecule is O=C(NC1CCOc2ccccc21)c1ccc(S(=O)(=O)N2CCOCC2)cc1. The Labute approximate surface area is 164 Å². The zero-order valence-corrected chi connectivity index (χ0v) is 16.2. The number of amides is 1. The molecule has 0 bridgehead atoms. The molecule has 1 N–H and O–H groups in total. The molecule has 2 aromatic rings. The highest BCUT2D eigenvalue weighted by atomic mass is 32.2. The van der Waals surface area contributed by atoms with Gasteiger partial charge in [0.05, 0.1) is 30.8 Å². The van der Waals surface area contributed by atoms with Gasteiger partial charge in [0.1, 0.15) is 5.75 Å². The van der Waals surface area contributed by atoms with E-state index in [2.05, 4.69) is 5.32 Å². The van der Waals surface area contributed by atoms with E-state index in [9.17, 15) is 13.2 Å². The number of nitrogens with zero attached hydrogens (tertiary/aromatic N) is 1. The number of nitrogens with one attached hydrogen (secondary N) is 1. The molecule has 0 saturated carbocycles. The fourth-order valence-electron chi connectivity index (χ4n) is 3.45. The number of hydrogen-bond acceptors (Lipinski definition) is 5. The van der Waals surface area contributed by atoms with Gasteiger partial charge in [-0.1, -0.05) is 18.2 Å². The number of benzene rings is 2. The molecular formula is C20H22N2O5S. The first kappa shape index (κ1) is 18.9. The van der Waals surface area contributed by atoms with E-state index in [0.29, 0.717) is 44.9 Å². The standard InChI is InChI=1S/C20H22N2O5S/c23-20(21-18-9-12-27-19-4-2-1-3-17(18)19)15-5-7-16(8-6-15)28(24,25)22-10-13-26-14-11-22/h1-8,18H,9-14H2,(H,21,23). The fraction of sp³-hybridized carbons (Fsp3) is 0.350. The van der Waals surface area contributed by atoms with Crippen molar-refractivity contribution in [1.82, 2.24) is 9.62 Å². The molecule has 148 valence electrons. The minimum atomic E-state index is -3.57. The van der Waals surface area contributed by atoms with Gasteiger partial charge in [-0.3, -0.25) is 4.79 Å². The van der Waals surface area contributed by atoms with Crippen LogP contribution >= 0.6 is 0 Å². The van der Waals surface area contributed by atoms with Crippen LogP contribution in [-0.4, -0.2) is 51.5 Å². The van der Waals surface area contributed by atoms with Crippen LogP contribution in [0.2, 0.25) is 0 Å². The van der Waals surface area contributed by atoms with Crippen LogP contribution in [0, 0.1) is 0 Å². The largest absolute Gasteiger partial charge is 0.493 e. The molecule has 2 aliphatic rings. The fourth-order valence-corrected chi connectivity index (χ4v) is 4.86. The molecule has 2 heterocycles. The van der Waals surface area contributed by atoms with Crippen molar-refractivity contribution in [2.75, 3.05) is 32.9 Å². The maximum Gasteiger partial charge on any atom is 0.251 e. The van der Waals surface area contributed by atoms with Crippen molar-refractivity contribution in [3.63, 3.8) is 0 Å². The van der Waals surface area contributed by atoms with E-state index in [4.69, 9.17) is 9.47 Å². The van der Waals surface area contributed by atoms with Gasteiger partial charge in [0.25, 0.3) is 5.91 Å². The highest BCUT2D eigenvalue weighted by Crippen LogP contribution is 2.31. The molecule has 1 unspecified atom stereocenters. The quantitative estimate of drug-likeness (QED) is 0.845. The first-order valence-electron chi connectivity index (χ1n) is 9.26. The van der Waals surface area contributed by atoms with Gasteiger partial charge in [0.15, 0.2) is 0 Å². The zero-order chi connectivity index (χ0) is 19.6. The molecule has 1 saturated heterocycles. The Hall–Kier alpha value is -2.42. The average molecular weight is 402 g/mol. The highest BCUT2D eigenvalue weighted by molar-refractivity contribution is 7.89. The van der Waals surface area contributed by atoms with E-state index in [0.717, 1.165) is 11.3 Å². The maximum absolute atomic E-state index is 12.7. The van der Waals surface area contributed by atoms with Crippen LogP contribution in [0.3, 0.4) is 0 Å². The molecule has 0 aliphatic carbocycles. The Morgan fingerprint density at radius 3 is 2.46 bits per heavy atom. The number of morpholine rings is 1. The molecular weight excluding hydrogens is 380 g/mol. The lowest BCUT2D eigenvalue weighted by Gasteiger charge is -2.27. The van der Waals surface area contributed by atoms with Crippen molar-refractivity contribution in [1.29, 1.82) is 0 Å². The van der Waals surface area contributed by atoms with E-state index < -0.39 is 10.0 Å². The maximum atomic E-state index is 12.7. The van der Waals surface area contributed by atoms with Crippen LogP contribution in [0.25, 0.3) is 0 Å². The van der Waals surface area contributed by atoms with Gasteiger partial charge in [-0.15, -0.1) is 0 Å². The van der Waals surface area contributed by atoms with Crippen molar-refractivity contribution < 1.29 is 22.7 Å². The Bertz CT molecular complexity index is 953. The lowest BCUT2D eigenvalue weighted by atomic mass is 10.00. The van der Waals surface area contributed by atoms with Crippen LogP contribution in [0.1, 0.15) is 28.4 Å². The minimum absolute atomic E-state index is 0.130. The summed E-state index contributed by atoms with van der Waals surface area (Å²) >= 11 is 0. The molecule has 0 aromatic heterocycles. The number of ether oxygens (including phenoxy) is 2.